The molecule has 106 valence electrons. The molecule has 3 nitrogen and oxygen atoms in total. The summed E-state index contributed by atoms with van der Waals surface area (Å²) in [6.45, 7) is 6.14. The summed E-state index contributed by atoms with van der Waals surface area (Å²) >= 11 is 2.28. The second-order valence-electron chi connectivity index (χ2n) is 5.07. The maximum atomic E-state index is 5.85. The highest BCUT2D eigenvalue weighted by Crippen LogP contribution is 2.22. The first kappa shape index (κ1) is 15.3. The third kappa shape index (κ3) is 5.09. The standard InChI is InChI=1S/C16H19IN2O/c1-12(2)10-18-11-14-9-16(6-7-19-14)20-15-5-3-4-13(17)8-15/h3-9,12,18H,10-11H2,1-2H3. The predicted octanol–water partition coefficient (Wildman–Crippen LogP) is 4.22. The van der Waals surface area contributed by atoms with Crippen LogP contribution in [0.25, 0.3) is 0 Å². The number of pyridine rings is 1. The van der Waals surface area contributed by atoms with Gasteiger partial charge in [0.2, 0.25) is 0 Å². The lowest BCUT2D eigenvalue weighted by atomic mass is 10.2. The Morgan fingerprint density at radius 2 is 2.00 bits per heavy atom. The highest BCUT2D eigenvalue weighted by molar-refractivity contribution is 14.1. The smallest absolute Gasteiger partial charge is 0.130 e. The van der Waals surface area contributed by atoms with Gasteiger partial charge in [0.15, 0.2) is 0 Å². The normalized spacial score (nSPS) is 10.8. The molecule has 0 saturated heterocycles. The molecule has 20 heavy (non-hydrogen) atoms. The van der Waals surface area contributed by atoms with Crippen LogP contribution in [0.4, 0.5) is 0 Å². The maximum absolute atomic E-state index is 5.85. The second-order valence-corrected chi connectivity index (χ2v) is 6.31. The van der Waals surface area contributed by atoms with Crippen molar-refractivity contribution in [3.63, 3.8) is 0 Å². The topological polar surface area (TPSA) is 34.1 Å². The first-order chi connectivity index (χ1) is 9.63. The predicted molar refractivity (Wildman–Crippen MR) is 90.0 cm³/mol. The van der Waals surface area contributed by atoms with Gasteiger partial charge in [-0.1, -0.05) is 19.9 Å². The van der Waals surface area contributed by atoms with E-state index in [1.165, 1.54) is 0 Å². The Morgan fingerprint density at radius 3 is 2.75 bits per heavy atom. The monoisotopic (exact) mass is 382 g/mol. The molecular weight excluding hydrogens is 363 g/mol. The lowest BCUT2D eigenvalue weighted by molar-refractivity contribution is 0.479. The summed E-state index contributed by atoms with van der Waals surface area (Å²) in [4.78, 5) is 4.35. The van der Waals surface area contributed by atoms with E-state index in [2.05, 4.69) is 46.7 Å². The molecule has 2 aromatic rings. The number of nitrogens with zero attached hydrogens (tertiary/aromatic N) is 1. The van der Waals surface area contributed by atoms with Crippen LogP contribution in [0.3, 0.4) is 0 Å². The molecule has 1 aromatic carbocycles. The van der Waals surface area contributed by atoms with E-state index >= 15 is 0 Å². The van der Waals surface area contributed by atoms with Crippen LogP contribution in [0.1, 0.15) is 19.5 Å². The number of nitrogens with one attached hydrogen (secondary N) is 1. The third-order valence-corrected chi connectivity index (χ3v) is 3.35. The van der Waals surface area contributed by atoms with Gasteiger partial charge in [0.05, 0.1) is 5.69 Å². The molecule has 0 spiro atoms. The molecular formula is C16H19IN2O. The molecule has 1 N–H and O–H groups in total. The third-order valence-electron chi connectivity index (χ3n) is 2.68. The van der Waals surface area contributed by atoms with Crippen LogP contribution in [0.2, 0.25) is 0 Å². The lowest BCUT2D eigenvalue weighted by Gasteiger charge is -2.09. The van der Waals surface area contributed by atoms with E-state index in [0.29, 0.717) is 5.92 Å². The minimum absolute atomic E-state index is 0.640. The molecule has 0 amide bonds. The fourth-order valence-corrected chi connectivity index (χ4v) is 2.29. The van der Waals surface area contributed by atoms with Gasteiger partial charge in [0.1, 0.15) is 11.5 Å². The molecule has 0 radical (unpaired) electrons. The van der Waals surface area contributed by atoms with Gasteiger partial charge >= 0.3 is 0 Å². The molecule has 1 aromatic heterocycles. The molecule has 2 rings (SSSR count). The molecule has 0 saturated carbocycles. The van der Waals surface area contributed by atoms with Crippen LogP contribution >= 0.6 is 22.6 Å². The van der Waals surface area contributed by atoms with Crippen molar-refractivity contribution in [2.45, 2.75) is 20.4 Å². The fourth-order valence-electron chi connectivity index (χ4n) is 1.77. The summed E-state index contributed by atoms with van der Waals surface area (Å²) in [5.74, 6) is 2.31. The van der Waals surface area contributed by atoms with E-state index < -0.39 is 0 Å². The summed E-state index contributed by atoms with van der Waals surface area (Å²) in [5.41, 5.74) is 0.994. The number of hydrogen-bond acceptors (Lipinski definition) is 3. The molecule has 0 unspecified atom stereocenters. The van der Waals surface area contributed by atoms with Crippen LogP contribution in [0.15, 0.2) is 42.6 Å². The largest absolute Gasteiger partial charge is 0.457 e. The van der Waals surface area contributed by atoms with Crippen molar-refractivity contribution in [3.05, 3.63) is 51.9 Å². The number of ether oxygens (including phenoxy) is 1. The van der Waals surface area contributed by atoms with Crippen molar-refractivity contribution in [1.29, 1.82) is 0 Å². The Balaban J connectivity index is 1.99. The quantitative estimate of drug-likeness (QED) is 0.760. The minimum atomic E-state index is 0.640. The Morgan fingerprint density at radius 1 is 1.20 bits per heavy atom. The zero-order chi connectivity index (χ0) is 14.4. The van der Waals surface area contributed by atoms with E-state index in [1.54, 1.807) is 6.20 Å². The van der Waals surface area contributed by atoms with Crippen LogP contribution < -0.4 is 10.1 Å². The highest BCUT2D eigenvalue weighted by atomic mass is 127. The lowest BCUT2D eigenvalue weighted by Crippen LogP contribution is -2.19. The number of aromatic nitrogens is 1. The van der Waals surface area contributed by atoms with Crippen LogP contribution in [0, 0.1) is 9.49 Å². The van der Waals surface area contributed by atoms with Gasteiger partial charge in [-0.3, -0.25) is 4.98 Å². The van der Waals surface area contributed by atoms with Crippen LogP contribution in [-0.4, -0.2) is 11.5 Å². The van der Waals surface area contributed by atoms with E-state index in [-0.39, 0.29) is 0 Å². The van der Waals surface area contributed by atoms with Gasteiger partial charge in [-0.05, 0) is 59.3 Å². The number of halogens is 1. The Labute approximate surface area is 133 Å². The highest BCUT2D eigenvalue weighted by Gasteiger charge is 2.01. The molecule has 1 heterocycles. The van der Waals surface area contributed by atoms with E-state index in [4.69, 9.17) is 4.74 Å². The molecule has 0 atom stereocenters. The zero-order valence-corrected chi connectivity index (χ0v) is 13.9. The molecule has 0 aliphatic rings. The van der Waals surface area contributed by atoms with Crippen LogP contribution in [0.5, 0.6) is 11.5 Å². The summed E-state index contributed by atoms with van der Waals surface area (Å²) in [6, 6.07) is 11.9. The van der Waals surface area contributed by atoms with Crippen molar-refractivity contribution < 1.29 is 4.74 Å². The summed E-state index contributed by atoms with van der Waals surface area (Å²) in [5, 5.41) is 3.38. The van der Waals surface area contributed by atoms with Crippen molar-refractivity contribution in [2.24, 2.45) is 5.92 Å². The first-order valence-corrected chi connectivity index (χ1v) is 7.80. The minimum Gasteiger partial charge on any atom is -0.457 e. The SMILES string of the molecule is CC(C)CNCc1cc(Oc2cccc(I)c2)ccn1. The van der Waals surface area contributed by atoms with E-state index in [0.717, 1.165) is 33.9 Å². The van der Waals surface area contributed by atoms with Gasteiger partial charge in [0.25, 0.3) is 0 Å². The average Bonchev–Trinajstić information content (AvgIpc) is 2.39. The summed E-state index contributed by atoms with van der Waals surface area (Å²) < 4.78 is 7.01. The molecule has 4 heteroatoms. The summed E-state index contributed by atoms with van der Waals surface area (Å²) in [7, 11) is 0. The molecule has 0 bridgehead atoms. The van der Waals surface area contributed by atoms with Gasteiger partial charge in [-0.15, -0.1) is 0 Å². The molecule has 0 fully saturated rings. The van der Waals surface area contributed by atoms with Crippen LogP contribution in [-0.2, 0) is 6.54 Å². The molecule has 0 aliphatic heterocycles. The van der Waals surface area contributed by atoms with E-state index in [9.17, 15) is 0 Å². The Hall–Kier alpha value is -1.14. The van der Waals surface area contributed by atoms with Gasteiger partial charge in [0, 0.05) is 22.4 Å². The van der Waals surface area contributed by atoms with Gasteiger partial charge in [-0.25, -0.2) is 0 Å². The fraction of sp³-hybridized carbons (Fsp3) is 0.312. The van der Waals surface area contributed by atoms with Gasteiger partial charge in [-0.2, -0.15) is 0 Å². The second kappa shape index (κ2) is 7.59. The van der Waals surface area contributed by atoms with Crippen molar-refractivity contribution in [1.82, 2.24) is 10.3 Å². The Bertz CT molecular complexity index is 558. The molecule has 0 aliphatic carbocycles. The number of hydrogen-bond donors (Lipinski definition) is 1. The maximum Gasteiger partial charge on any atom is 0.130 e. The number of rotatable bonds is 6. The zero-order valence-electron chi connectivity index (χ0n) is 11.8. The summed E-state index contributed by atoms with van der Waals surface area (Å²) in [6.07, 6.45) is 1.79. The first-order valence-electron chi connectivity index (χ1n) is 6.72. The van der Waals surface area contributed by atoms with E-state index in [1.807, 2.05) is 36.4 Å². The van der Waals surface area contributed by atoms with Crippen molar-refractivity contribution in [3.8, 4) is 11.5 Å². The number of benzene rings is 1. The van der Waals surface area contributed by atoms with Crippen molar-refractivity contribution in [2.75, 3.05) is 6.54 Å². The van der Waals surface area contributed by atoms with Crippen molar-refractivity contribution >= 4 is 22.6 Å². The van der Waals surface area contributed by atoms with Gasteiger partial charge < -0.3 is 10.1 Å². The Kier molecular flexibility index (Phi) is 5.79. The average molecular weight is 382 g/mol.